The van der Waals surface area contributed by atoms with Crippen LogP contribution in [0.4, 0.5) is 4.39 Å². The Morgan fingerprint density at radius 3 is 3.00 bits per heavy atom. The summed E-state index contributed by atoms with van der Waals surface area (Å²) in [5.74, 6) is -0.308. The van der Waals surface area contributed by atoms with Crippen LogP contribution in [-0.4, -0.2) is 23.5 Å². The zero-order chi connectivity index (χ0) is 10.8. The summed E-state index contributed by atoms with van der Waals surface area (Å²) in [5.41, 5.74) is 1.54. The van der Waals surface area contributed by atoms with E-state index in [0.29, 0.717) is 10.9 Å². The number of hydrogen-bond donors (Lipinski definition) is 1. The number of benzene rings is 1. The highest BCUT2D eigenvalue weighted by Crippen LogP contribution is 2.21. The monoisotopic (exact) mass is 273 g/mol. The van der Waals surface area contributed by atoms with Crippen LogP contribution < -0.4 is 0 Å². The van der Waals surface area contributed by atoms with Gasteiger partial charge in [0.25, 0.3) is 0 Å². The maximum atomic E-state index is 13.0. The van der Waals surface area contributed by atoms with E-state index in [2.05, 4.69) is 21.1 Å². The molecule has 0 saturated carbocycles. The molecule has 0 aromatic heterocycles. The standard InChI is InChI=1S/C10H9BrFNO2/c11-8-3-6(1-2-9(8)12)10-4-7(5-14)15-13-10/h1-3,7,14H,4-5H2. The third kappa shape index (κ3) is 2.18. The molecule has 80 valence electrons. The number of hydrogen-bond acceptors (Lipinski definition) is 3. The number of nitrogens with zero attached hydrogens (tertiary/aromatic N) is 1. The average Bonchev–Trinajstić information content (AvgIpc) is 2.70. The third-order valence-corrected chi connectivity index (χ3v) is 2.80. The Balaban J connectivity index is 2.21. The predicted molar refractivity (Wildman–Crippen MR) is 57.2 cm³/mol. The predicted octanol–water partition coefficient (Wildman–Crippen LogP) is 2.07. The molecular formula is C10H9BrFNO2. The first kappa shape index (κ1) is 10.6. The smallest absolute Gasteiger partial charge is 0.156 e. The van der Waals surface area contributed by atoms with Gasteiger partial charge in [-0.15, -0.1) is 0 Å². The van der Waals surface area contributed by atoms with E-state index in [1.54, 1.807) is 12.1 Å². The van der Waals surface area contributed by atoms with E-state index in [4.69, 9.17) is 9.94 Å². The minimum Gasteiger partial charge on any atom is -0.392 e. The SMILES string of the molecule is OCC1CC(c2ccc(F)c(Br)c2)=NO1. The lowest BCUT2D eigenvalue weighted by molar-refractivity contribution is 0.0390. The molecule has 1 aromatic carbocycles. The van der Waals surface area contributed by atoms with Crippen molar-refractivity contribution in [2.75, 3.05) is 6.61 Å². The van der Waals surface area contributed by atoms with Crippen LogP contribution in [0.3, 0.4) is 0 Å². The van der Waals surface area contributed by atoms with Gasteiger partial charge in [0.2, 0.25) is 0 Å². The Kier molecular flexibility index (Phi) is 3.02. The van der Waals surface area contributed by atoms with Crippen LogP contribution >= 0.6 is 15.9 Å². The molecule has 1 heterocycles. The average molecular weight is 274 g/mol. The van der Waals surface area contributed by atoms with Gasteiger partial charge >= 0.3 is 0 Å². The highest BCUT2D eigenvalue weighted by atomic mass is 79.9. The summed E-state index contributed by atoms with van der Waals surface area (Å²) in [4.78, 5) is 4.97. The van der Waals surface area contributed by atoms with E-state index in [0.717, 1.165) is 11.3 Å². The number of halogens is 2. The van der Waals surface area contributed by atoms with Gasteiger partial charge in [0.1, 0.15) is 5.82 Å². The van der Waals surface area contributed by atoms with E-state index in [-0.39, 0.29) is 18.5 Å². The van der Waals surface area contributed by atoms with Crippen molar-refractivity contribution in [3.63, 3.8) is 0 Å². The second-order valence-electron chi connectivity index (χ2n) is 3.28. The molecule has 1 aliphatic heterocycles. The van der Waals surface area contributed by atoms with Crippen LogP contribution in [0.25, 0.3) is 0 Å². The van der Waals surface area contributed by atoms with Crippen molar-refractivity contribution < 1.29 is 14.3 Å². The largest absolute Gasteiger partial charge is 0.392 e. The van der Waals surface area contributed by atoms with Crippen molar-refractivity contribution in [3.8, 4) is 0 Å². The molecule has 1 aliphatic rings. The van der Waals surface area contributed by atoms with Gasteiger partial charge in [-0.1, -0.05) is 11.2 Å². The fraction of sp³-hybridized carbons (Fsp3) is 0.300. The van der Waals surface area contributed by atoms with Crippen LogP contribution in [0.5, 0.6) is 0 Å². The summed E-state index contributed by atoms with van der Waals surface area (Å²) in [6.07, 6.45) is 0.276. The van der Waals surface area contributed by atoms with Crippen LogP contribution in [0.2, 0.25) is 0 Å². The van der Waals surface area contributed by atoms with E-state index in [1.165, 1.54) is 6.07 Å². The summed E-state index contributed by atoms with van der Waals surface area (Å²) in [6.45, 7) is -0.0602. The van der Waals surface area contributed by atoms with Gasteiger partial charge in [-0.25, -0.2) is 4.39 Å². The fourth-order valence-corrected chi connectivity index (χ4v) is 1.75. The molecule has 0 fully saturated rings. The van der Waals surface area contributed by atoms with Crippen LogP contribution in [0, 0.1) is 5.82 Å². The molecule has 1 N–H and O–H groups in total. The van der Waals surface area contributed by atoms with Gasteiger partial charge in [-0.2, -0.15) is 0 Å². The molecular weight excluding hydrogens is 265 g/mol. The number of rotatable bonds is 2. The topological polar surface area (TPSA) is 41.8 Å². The lowest BCUT2D eigenvalue weighted by atomic mass is 10.1. The van der Waals surface area contributed by atoms with Gasteiger partial charge in [-0.3, -0.25) is 0 Å². The molecule has 0 amide bonds. The molecule has 0 saturated heterocycles. The Bertz CT molecular complexity index is 408. The van der Waals surface area contributed by atoms with Gasteiger partial charge in [-0.05, 0) is 28.1 Å². The minimum absolute atomic E-state index is 0.0602. The van der Waals surface area contributed by atoms with Gasteiger partial charge < -0.3 is 9.94 Å². The maximum Gasteiger partial charge on any atom is 0.156 e. The summed E-state index contributed by atoms with van der Waals surface area (Å²) in [7, 11) is 0. The number of oxime groups is 1. The molecule has 1 unspecified atom stereocenters. The summed E-state index contributed by atoms with van der Waals surface area (Å²) in [5, 5.41) is 12.7. The molecule has 0 spiro atoms. The first-order valence-electron chi connectivity index (χ1n) is 4.49. The molecule has 1 atom stereocenters. The number of aliphatic hydroxyl groups is 1. The Morgan fingerprint density at radius 1 is 1.60 bits per heavy atom. The minimum atomic E-state index is -0.308. The van der Waals surface area contributed by atoms with Crippen LogP contribution in [0.1, 0.15) is 12.0 Å². The number of aliphatic hydroxyl groups excluding tert-OH is 1. The van der Waals surface area contributed by atoms with E-state index in [1.807, 2.05) is 0 Å². The molecule has 2 rings (SSSR count). The summed E-state index contributed by atoms with van der Waals surface area (Å²) in [6, 6.07) is 4.66. The quantitative estimate of drug-likeness (QED) is 0.897. The van der Waals surface area contributed by atoms with Crippen molar-refractivity contribution in [2.45, 2.75) is 12.5 Å². The maximum absolute atomic E-state index is 13.0. The van der Waals surface area contributed by atoms with E-state index in [9.17, 15) is 4.39 Å². The molecule has 0 radical (unpaired) electrons. The summed E-state index contributed by atoms with van der Waals surface area (Å²) < 4.78 is 13.4. The third-order valence-electron chi connectivity index (χ3n) is 2.19. The first-order valence-corrected chi connectivity index (χ1v) is 5.29. The van der Waals surface area contributed by atoms with Crippen molar-refractivity contribution in [2.24, 2.45) is 5.16 Å². The van der Waals surface area contributed by atoms with E-state index >= 15 is 0 Å². The second kappa shape index (κ2) is 4.28. The normalized spacial score (nSPS) is 19.9. The van der Waals surface area contributed by atoms with Crippen LogP contribution in [0.15, 0.2) is 27.8 Å². The van der Waals surface area contributed by atoms with Crippen molar-refractivity contribution >= 4 is 21.6 Å². The lowest BCUT2D eigenvalue weighted by Crippen LogP contribution is -2.12. The molecule has 0 bridgehead atoms. The van der Waals surface area contributed by atoms with Gasteiger partial charge in [0.15, 0.2) is 6.10 Å². The van der Waals surface area contributed by atoms with Crippen molar-refractivity contribution in [1.29, 1.82) is 0 Å². The Morgan fingerprint density at radius 2 is 2.40 bits per heavy atom. The van der Waals surface area contributed by atoms with Crippen molar-refractivity contribution in [1.82, 2.24) is 0 Å². The van der Waals surface area contributed by atoms with Gasteiger partial charge in [0.05, 0.1) is 16.8 Å². The van der Waals surface area contributed by atoms with Gasteiger partial charge in [0, 0.05) is 12.0 Å². The van der Waals surface area contributed by atoms with E-state index < -0.39 is 0 Å². The highest BCUT2D eigenvalue weighted by molar-refractivity contribution is 9.10. The summed E-state index contributed by atoms with van der Waals surface area (Å²) >= 11 is 3.11. The molecule has 15 heavy (non-hydrogen) atoms. The zero-order valence-electron chi connectivity index (χ0n) is 7.78. The molecule has 5 heteroatoms. The fourth-order valence-electron chi connectivity index (χ4n) is 1.37. The Hall–Kier alpha value is -0.940. The molecule has 1 aromatic rings. The molecule has 3 nitrogen and oxygen atoms in total. The van der Waals surface area contributed by atoms with Crippen LogP contribution in [-0.2, 0) is 4.84 Å². The second-order valence-corrected chi connectivity index (χ2v) is 4.14. The van der Waals surface area contributed by atoms with Crippen molar-refractivity contribution in [3.05, 3.63) is 34.1 Å². The lowest BCUT2D eigenvalue weighted by Gasteiger charge is -2.02. The first-order chi connectivity index (χ1) is 7.20. The zero-order valence-corrected chi connectivity index (χ0v) is 9.37. The Labute approximate surface area is 94.7 Å². The molecule has 0 aliphatic carbocycles. The highest BCUT2D eigenvalue weighted by Gasteiger charge is 2.21.